The van der Waals surface area contributed by atoms with Gasteiger partial charge in [-0.25, -0.2) is 13.8 Å². The van der Waals surface area contributed by atoms with Gasteiger partial charge in [-0.1, -0.05) is 6.07 Å². The van der Waals surface area contributed by atoms with Crippen LogP contribution in [0.25, 0.3) is 5.65 Å². The summed E-state index contributed by atoms with van der Waals surface area (Å²) in [7, 11) is 0. The second-order valence-corrected chi connectivity index (χ2v) is 6.82. The maximum Gasteiger partial charge on any atom is 0.318 e. The van der Waals surface area contributed by atoms with Crippen molar-refractivity contribution in [2.45, 2.75) is 19.9 Å². The fourth-order valence-corrected chi connectivity index (χ4v) is 3.15. The number of carbonyl (C=O) groups excluding carboxylic acids is 1. The molecule has 160 valence electrons. The van der Waals surface area contributed by atoms with E-state index < -0.39 is 18.9 Å². The van der Waals surface area contributed by atoms with Gasteiger partial charge >= 0.3 is 6.55 Å². The highest BCUT2D eigenvalue weighted by Crippen LogP contribution is 2.24. The van der Waals surface area contributed by atoms with E-state index in [2.05, 4.69) is 15.6 Å². The average Bonchev–Trinajstić information content (AvgIpc) is 3.34. The Bertz CT molecular complexity index is 1230. The third-order valence-electron chi connectivity index (χ3n) is 4.67. The number of halogens is 4. The van der Waals surface area contributed by atoms with E-state index in [0.29, 0.717) is 22.8 Å². The van der Waals surface area contributed by atoms with Crippen LogP contribution in [0.4, 0.5) is 34.8 Å². The van der Waals surface area contributed by atoms with E-state index in [1.165, 1.54) is 23.6 Å². The second-order valence-electron chi connectivity index (χ2n) is 6.82. The lowest BCUT2D eigenvalue weighted by Crippen LogP contribution is -2.11. The topological polar surface area (TPSA) is 63.4 Å². The molecule has 0 unspecified atom stereocenters. The summed E-state index contributed by atoms with van der Waals surface area (Å²) in [6.45, 7) is -1.22. The number of anilines is 3. The summed E-state index contributed by atoms with van der Waals surface area (Å²) < 4.78 is 53.8. The molecule has 1 amide bonds. The lowest BCUT2D eigenvalue weighted by molar-refractivity contribution is 0.0685. The largest absolute Gasteiger partial charge is 0.341 e. The van der Waals surface area contributed by atoms with E-state index in [1.54, 1.807) is 42.5 Å². The zero-order chi connectivity index (χ0) is 22.1. The molecule has 0 spiro atoms. The normalized spacial score (nSPS) is 11.5. The molecule has 0 atom stereocenters. The van der Waals surface area contributed by atoms with Gasteiger partial charge in [-0.2, -0.15) is 8.78 Å². The number of carbonyl (C=O) groups is 1. The van der Waals surface area contributed by atoms with Gasteiger partial charge in [0.05, 0.1) is 5.56 Å². The highest BCUT2D eigenvalue weighted by Gasteiger charge is 2.15. The molecule has 3 heterocycles. The Morgan fingerprint density at radius 3 is 2.35 bits per heavy atom. The van der Waals surface area contributed by atoms with Crippen LogP contribution >= 0.6 is 0 Å². The summed E-state index contributed by atoms with van der Waals surface area (Å²) in [6, 6.07) is 13.1. The van der Waals surface area contributed by atoms with Crippen molar-refractivity contribution in [1.29, 1.82) is 0 Å². The van der Waals surface area contributed by atoms with E-state index in [-0.39, 0.29) is 17.0 Å². The van der Waals surface area contributed by atoms with Crippen molar-refractivity contribution in [3.05, 3.63) is 77.9 Å². The molecule has 6 nitrogen and oxygen atoms in total. The number of imidazole rings is 1. The van der Waals surface area contributed by atoms with Crippen molar-refractivity contribution in [3.8, 4) is 0 Å². The Labute approximate surface area is 174 Å². The Kier molecular flexibility index (Phi) is 5.37. The van der Waals surface area contributed by atoms with Crippen LogP contribution in [-0.2, 0) is 0 Å². The number of alkyl halides is 4. The minimum absolute atomic E-state index is 0.127. The molecule has 4 aromatic rings. The van der Waals surface area contributed by atoms with Gasteiger partial charge < -0.3 is 10.6 Å². The molecule has 0 aliphatic rings. The number of aromatic nitrogens is 3. The van der Waals surface area contributed by atoms with E-state index in [1.807, 2.05) is 0 Å². The van der Waals surface area contributed by atoms with Crippen LogP contribution in [-0.4, -0.2) is 19.9 Å². The van der Waals surface area contributed by atoms with E-state index in [4.69, 9.17) is 0 Å². The summed E-state index contributed by atoms with van der Waals surface area (Å²) in [5, 5.41) is 5.76. The smallest absolute Gasteiger partial charge is 0.318 e. The SMILES string of the molecule is Cc1cc(C(=O)Nc2ccc(Nc3cccc4nc(C(F)F)cn34)cc2)cn1C(F)F. The Balaban J connectivity index is 1.48. The van der Waals surface area contributed by atoms with Crippen molar-refractivity contribution in [2.75, 3.05) is 10.6 Å². The van der Waals surface area contributed by atoms with Crippen LogP contribution in [0.2, 0.25) is 0 Å². The highest BCUT2D eigenvalue weighted by molar-refractivity contribution is 6.04. The number of hydrogen-bond donors (Lipinski definition) is 2. The zero-order valence-electron chi connectivity index (χ0n) is 16.2. The number of benzene rings is 1. The van der Waals surface area contributed by atoms with E-state index >= 15 is 0 Å². The van der Waals surface area contributed by atoms with Gasteiger partial charge in [0.1, 0.15) is 17.2 Å². The number of amides is 1. The summed E-state index contributed by atoms with van der Waals surface area (Å²) in [6.07, 6.45) is -0.299. The van der Waals surface area contributed by atoms with Crippen molar-refractivity contribution in [3.63, 3.8) is 0 Å². The monoisotopic (exact) mass is 431 g/mol. The van der Waals surface area contributed by atoms with Gasteiger partial charge in [0.25, 0.3) is 12.3 Å². The van der Waals surface area contributed by atoms with Crippen molar-refractivity contribution < 1.29 is 22.4 Å². The lowest BCUT2D eigenvalue weighted by atomic mass is 10.2. The molecule has 0 saturated carbocycles. The lowest BCUT2D eigenvalue weighted by Gasteiger charge is -2.10. The quantitative estimate of drug-likeness (QED) is 0.381. The predicted molar refractivity (Wildman–Crippen MR) is 108 cm³/mol. The highest BCUT2D eigenvalue weighted by atomic mass is 19.3. The number of aryl methyl sites for hydroxylation is 1. The fraction of sp³-hybridized carbons (Fsp3) is 0.143. The molecule has 4 rings (SSSR count). The fourth-order valence-electron chi connectivity index (χ4n) is 3.15. The first-order chi connectivity index (χ1) is 14.8. The summed E-state index contributed by atoms with van der Waals surface area (Å²) >= 11 is 0. The number of fused-ring (bicyclic) bond motifs is 1. The minimum atomic E-state index is -2.72. The summed E-state index contributed by atoms with van der Waals surface area (Å²) in [4.78, 5) is 16.2. The molecular formula is C21H17F4N5O. The third-order valence-corrected chi connectivity index (χ3v) is 4.67. The summed E-state index contributed by atoms with van der Waals surface area (Å²) in [5.74, 6) is 0.0309. The van der Waals surface area contributed by atoms with Gasteiger partial charge in [0.2, 0.25) is 0 Å². The molecule has 0 fully saturated rings. The number of pyridine rings is 1. The van der Waals surface area contributed by atoms with Gasteiger partial charge in [-0.05, 0) is 49.4 Å². The molecule has 0 aliphatic heterocycles. The predicted octanol–water partition coefficient (Wildman–Crippen LogP) is 5.77. The van der Waals surface area contributed by atoms with Gasteiger partial charge in [-0.3, -0.25) is 13.8 Å². The molecular weight excluding hydrogens is 414 g/mol. The Hall–Kier alpha value is -3.82. The minimum Gasteiger partial charge on any atom is -0.341 e. The van der Waals surface area contributed by atoms with Crippen LogP contribution in [0.3, 0.4) is 0 Å². The molecule has 0 saturated heterocycles. The molecule has 3 aromatic heterocycles. The summed E-state index contributed by atoms with van der Waals surface area (Å²) in [5.41, 5.74) is 1.60. The second kappa shape index (κ2) is 8.13. The molecule has 1 aromatic carbocycles. The van der Waals surface area contributed by atoms with Gasteiger partial charge in [0.15, 0.2) is 0 Å². The molecule has 2 N–H and O–H groups in total. The van der Waals surface area contributed by atoms with Crippen LogP contribution in [0.1, 0.15) is 34.7 Å². The van der Waals surface area contributed by atoms with Crippen LogP contribution < -0.4 is 10.6 Å². The first-order valence-electron chi connectivity index (χ1n) is 9.23. The third kappa shape index (κ3) is 4.23. The van der Waals surface area contributed by atoms with Gasteiger partial charge in [-0.15, -0.1) is 0 Å². The molecule has 31 heavy (non-hydrogen) atoms. The van der Waals surface area contributed by atoms with Gasteiger partial charge in [0, 0.05) is 29.5 Å². The first-order valence-corrected chi connectivity index (χ1v) is 9.23. The number of rotatable bonds is 6. The zero-order valence-corrected chi connectivity index (χ0v) is 16.2. The van der Waals surface area contributed by atoms with Crippen LogP contribution in [0.5, 0.6) is 0 Å². The maximum absolute atomic E-state index is 12.9. The number of nitrogens with one attached hydrogen (secondary N) is 2. The standard InChI is InChI=1S/C21H17F4N5O/c1-12-9-13(10-29(12)21(24)25)20(31)27-15-7-5-14(6-8-15)26-17-3-2-4-18-28-16(19(22)23)11-30(17)18/h2-11,19,21,26H,1H3,(H,27,31). The Morgan fingerprint density at radius 2 is 1.71 bits per heavy atom. The van der Waals surface area contributed by atoms with Crippen molar-refractivity contribution in [1.82, 2.24) is 14.0 Å². The van der Waals surface area contributed by atoms with E-state index in [9.17, 15) is 22.4 Å². The molecule has 0 aliphatic carbocycles. The van der Waals surface area contributed by atoms with Crippen LogP contribution in [0, 0.1) is 6.92 Å². The average molecular weight is 431 g/mol. The van der Waals surface area contributed by atoms with E-state index in [0.717, 1.165) is 10.8 Å². The molecule has 0 radical (unpaired) electrons. The number of nitrogens with zero attached hydrogens (tertiary/aromatic N) is 3. The molecule has 0 bridgehead atoms. The number of hydrogen-bond acceptors (Lipinski definition) is 3. The molecule has 10 heteroatoms. The first kappa shape index (κ1) is 20.5. The van der Waals surface area contributed by atoms with Crippen molar-refractivity contribution >= 4 is 28.7 Å². The Morgan fingerprint density at radius 1 is 1.00 bits per heavy atom. The van der Waals surface area contributed by atoms with Crippen molar-refractivity contribution in [2.24, 2.45) is 0 Å². The van der Waals surface area contributed by atoms with Crippen LogP contribution in [0.15, 0.2) is 60.9 Å². The maximum atomic E-state index is 12.9.